The van der Waals surface area contributed by atoms with E-state index in [0.29, 0.717) is 0 Å². The molecule has 1 rings (SSSR count). The van der Waals surface area contributed by atoms with Crippen LogP contribution in [0.4, 0.5) is 0 Å². The molecule has 1 aliphatic carbocycles. The molecule has 0 saturated carbocycles. The van der Waals surface area contributed by atoms with Crippen LogP contribution in [-0.2, 0) is 4.74 Å². The van der Waals surface area contributed by atoms with Gasteiger partial charge in [0, 0.05) is 0 Å². The van der Waals surface area contributed by atoms with Gasteiger partial charge in [0.2, 0.25) is 0 Å². The van der Waals surface area contributed by atoms with Gasteiger partial charge in [-0.2, -0.15) is 0 Å². The summed E-state index contributed by atoms with van der Waals surface area (Å²) in [5.74, 6) is 1.05. The zero-order valence-corrected chi connectivity index (χ0v) is 10.5. The Morgan fingerprint density at radius 1 is 1.14 bits per heavy atom. The summed E-state index contributed by atoms with van der Waals surface area (Å²) in [7, 11) is 0. The van der Waals surface area contributed by atoms with Crippen molar-refractivity contribution in [3.8, 4) is 0 Å². The van der Waals surface area contributed by atoms with Crippen LogP contribution in [0.3, 0.4) is 0 Å². The van der Waals surface area contributed by atoms with Gasteiger partial charge in [-0.05, 0) is 31.4 Å². The molecule has 1 nitrogen and oxygen atoms in total. The Labute approximate surface area is 89.9 Å². The summed E-state index contributed by atoms with van der Waals surface area (Å²) in [6.07, 6.45) is 9.75. The number of hydrogen-bond acceptors (Lipinski definition) is 1. The second-order valence-electron chi connectivity index (χ2n) is 2.43. The van der Waals surface area contributed by atoms with Gasteiger partial charge in [-0.3, -0.25) is 0 Å². The van der Waals surface area contributed by atoms with Gasteiger partial charge in [0.15, 0.2) is 0 Å². The van der Waals surface area contributed by atoms with Gasteiger partial charge in [-0.15, -0.1) is 0 Å². The molecule has 1 aliphatic rings. The van der Waals surface area contributed by atoms with Crippen LogP contribution < -0.4 is 0 Å². The third kappa shape index (κ3) is 9.37. The quantitative estimate of drug-likeness (QED) is 0.638. The van der Waals surface area contributed by atoms with Gasteiger partial charge in [0.25, 0.3) is 0 Å². The van der Waals surface area contributed by atoms with E-state index in [-0.39, 0.29) is 0 Å². The largest absolute Gasteiger partial charge is 0.494 e. The molecule has 0 N–H and O–H groups in total. The van der Waals surface area contributed by atoms with Gasteiger partial charge in [-0.25, -0.2) is 0 Å². The molecule has 0 unspecified atom stereocenters. The second kappa shape index (κ2) is 14.8. The van der Waals surface area contributed by atoms with Crippen LogP contribution in [0.25, 0.3) is 0 Å². The van der Waals surface area contributed by atoms with E-state index < -0.39 is 0 Å². The molecule has 0 heterocycles. The molecule has 0 amide bonds. The maximum Gasteiger partial charge on any atom is 0.114 e. The first-order valence-electron chi connectivity index (χ1n) is 5.93. The van der Waals surface area contributed by atoms with Crippen molar-refractivity contribution in [2.24, 2.45) is 0 Å². The van der Waals surface area contributed by atoms with Crippen molar-refractivity contribution in [3.63, 3.8) is 0 Å². The Morgan fingerprint density at radius 2 is 1.79 bits per heavy atom. The van der Waals surface area contributed by atoms with E-state index in [2.05, 4.69) is 25.2 Å². The number of ether oxygens (including phenoxy) is 1. The van der Waals surface area contributed by atoms with Crippen molar-refractivity contribution < 1.29 is 4.74 Å². The minimum Gasteiger partial charge on any atom is -0.494 e. The van der Waals surface area contributed by atoms with Crippen LogP contribution in [0, 0.1) is 0 Å². The molecule has 84 valence electrons. The first-order chi connectivity index (χ1) is 6.93. The highest BCUT2D eigenvalue weighted by molar-refractivity contribution is 5.15. The SMILES string of the molecule is CC.CC.CCCOC1=CCCC=C1. The monoisotopic (exact) mass is 198 g/mol. The molecule has 0 bridgehead atoms. The first kappa shape index (κ1) is 15.7. The summed E-state index contributed by atoms with van der Waals surface area (Å²) >= 11 is 0. The lowest BCUT2D eigenvalue weighted by Crippen LogP contribution is -1.93. The predicted molar refractivity (Wildman–Crippen MR) is 65.4 cm³/mol. The fourth-order valence-corrected chi connectivity index (χ4v) is 0.916. The molecule has 0 spiro atoms. The molecular formula is C13H26O. The average molecular weight is 198 g/mol. The van der Waals surface area contributed by atoms with Crippen LogP contribution in [-0.4, -0.2) is 6.61 Å². The molecule has 0 aromatic rings. The molecular weight excluding hydrogens is 172 g/mol. The van der Waals surface area contributed by atoms with Gasteiger partial charge in [-0.1, -0.05) is 40.7 Å². The molecule has 0 atom stereocenters. The summed E-state index contributed by atoms with van der Waals surface area (Å²) in [4.78, 5) is 0. The Balaban J connectivity index is 0. The summed E-state index contributed by atoms with van der Waals surface area (Å²) in [5, 5.41) is 0. The Kier molecular flexibility index (Phi) is 16.6. The second-order valence-corrected chi connectivity index (χ2v) is 2.43. The lowest BCUT2D eigenvalue weighted by Gasteiger charge is -2.07. The lowest BCUT2D eigenvalue weighted by molar-refractivity contribution is 0.222. The van der Waals surface area contributed by atoms with Crippen LogP contribution in [0.15, 0.2) is 24.0 Å². The Bertz CT molecular complexity index is 145. The lowest BCUT2D eigenvalue weighted by atomic mass is 10.2. The van der Waals surface area contributed by atoms with Crippen LogP contribution in [0.2, 0.25) is 0 Å². The summed E-state index contributed by atoms with van der Waals surface area (Å²) in [6.45, 7) is 11.0. The van der Waals surface area contributed by atoms with Crippen molar-refractivity contribution in [3.05, 3.63) is 24.0 Å². The standard InChI is InChI=1S/C9H14O.2C2H6/c1-2-8-10-9-6-4-3-5-7-9;2*1-2/h4,6-7H,2-3,5,8H2,1H3;2*1-2H3. The van der Waals surface area contributed by atoms with Crippen LogP contribution in [0.5, 0.6) is 0 Å². The van der Waals surface area contributed by atoms with E-state index in [9.17, 15) is 0 Å². The van der Waals surface area contributed by atoms with Crippen molar-refractivity contribution >= 4 is 0 Å². The van der Waals surface area contributed by atoms with Crippen molar-refractivity contribution in [2.45, 2.75) is 53.9 Å². The molecule has 14 heavy (non-hydrogen) atoms. The van der Waals surface area contributed by atoms with Gasteiger partial charge >= 0.3 is 0 Å². The average Bonchev–Trinajstić information content (AvgIpc) is 2.33. The molecule has 0 saturated heterocycles. The van der Waals surface area contributed by atoms with Crippen LogP contribution >= 0.6 is 0 Å². The topological polar surface area (TPSA) is 9.23 Å². The third-order valence-corrected chi connectivity index (χ3v) is 1.43. The number of rotatable bonds is 3. The van der Waals surface area contributed by atoms with Crippen molar-refractivity contribution in [1.82, 2.24) is 0 Å². The zero-order valence-electron chi connectivity index (χ0n) is 10.5. The first-order valence-corrected chi connectivity index (χ1v) is 5.93. The van der Waals surface area contributed by atoms with E-state index in [1.165, 1.54) is 6.42 Å². The Morgan fingerprint density at radius 3 is 2.21 bits per heavy atom. The highest BCUT2D eigenvalue weighted by atomic mass is 16.5. The van der Waals surface area contributed by atoms with E-state index in [0.717, 1.165) is 25.2 Å². The van der Waals surface area contributed by atoms with E-state index in [1.54, 1.807) is 0 Å². The normalized spacial score (nSPS) is 12.8. The number of allylic oxidation sites excluding steroid dienone is 3. The minimum atomic E-state index is 0.843. The summed E-state index contributed by atoms with van der Waals surface area (Å²) in [6, 6.07) is 0. The van der Waals surface area contributed by atoms with E-state index in [1.807, 2.05) is 27.7 Å². The fraction of sp³-hybridized carbons (Fsp3) is 0.692. The van der Waals surface area contributed by atoms with E-state index in [4.69, 9.17) is 4.74 Å². The summed E-state index contributed by atoms with van der Waals surface area (Å²) < 4.78 is 5.41. The van der Waals surface area contributed by atoms with Crippen LogP contribution in [0.1, 0.15) is 53.9 Å². The molecule has 1 heteroatoms. The van der Waals surface area contributed by atoms with Gasteiger partial charge < -0.3 is 4.74 Å². The highest BCUT2D eigenvalue weighted by Crippen LogP contribution is 2.10. The zero-order chi connectivity index (χ0) is 11.2. The summed E-state index contributed by atoms with van der Waals surface area (Å²) in [5.41, 5.74) is 0. The van der Waals surface area contributed by atoms with Crippen molar-refractivity contribution in [2.75, 3.05) is 6.61 Å². The molecule has 0 radical (unpaired) electrons. The molecule has 0 fully saturated rings. The smallest absolute Gasteiger partial charge is 0.114 e. The fourth-order valence-electron chi connectivity index (χ4n) is 0.916. The maximum atomic E-state index is 5.41. The molecule has 0 aromatic carbocycles. The van der Waals surface area contributed by atoms with Gasteiger partial charge in [0.05, 0.1) is 6.61 Å². The molecule has 0 aliphatic heterocycles. The molecule has 0 aromatic heterocycles. The highest BCUT2D eigenvalue weighted by Gasteiger charge is 1.95. The maximum absolute atomic E-state index is 5.41. The minimum absolute atomic E-state index is 0.843. The predicted octanol–water partition coefficient (Wildman–Crippen LogP) is 4.70. The van der Waals surface area contributed by atoms with Gasteiger partial charge in [0.1, 0.15) is 5.76 Å². The van der Waals surface area contributed by atoms with Crippen molar-refractivity contribution in [1.29, 1.82) is 0 Å². The Hall–Kier alpha value is -0.720. The third-order valence-electron chi connectivity index (χ3n) is 1.43. The van der Waals surface area contributed by atoms with E-state index >= 15 is 0 Å². The number of hydrogen-bond donors (Lipinski definition) is 0.